The normalized spacial score (nSPS) is 12.0. The molecule has 0 spiro atoms. The zero-order chi connectivity index (χ0) is 16.1. The maximum Gasteiger partial charge on any atom is 0.251 e. The van der Waals surface area contributed by atoms with E-state index in [-0.39, 0.29) is 29.5 Å². The summed E-state index contributed by atoms with van der Waals surface area (Å²) in [6.45, 7) is 7.43. The number of nitrogens with one attached hydrogen (secondary N) is 2. The minimum Gasteiger partial charge on any atom is -0.350 e. The van der Waals surface area contributed by atoms with Gasteiger partial charge in [0.2, 0.25) is 10.0 Å². The van der Waals surface area contributed by atoms with Gasteiger partial charge in [-0.3, -0.25) is 4.79 Å². The summed E-state index contributed by atoms with van der Waals surface area (Å²) in [7, 11) is -3.65. The van der Waals surface area contributed by atoms with E-state index in [2.05, 4.69) is 16.6 Å². The van der Waals surface area contributed by atoms with Gasteiger partial charge in [0.05, 0.1) is 4.90 Å². The van der Waals surface area contributed by atoms with E-state index in [9.17, 15) is 13.2 Å². The van der Waals surface area contributed by atoms with E-state index < -0.39 is 15.6 Å². The zero-order valence-electron chi connectivity index (χ0n) is 12.2. The molecule has 0 unspecified atom stereocenters. The predicted octanol–water partition coefficient (Wildman–Crippen LogP) is 0.618. The summed E-state index contributed by atoms with van der Waals surface area (Å²) in [6, 6.07) is 5.82. The number of hydrogen-bond acceptors (Lipinski definition) is 4. The largest absolute Gasteiger partial charge is 0.350 e. The second-order valence-corrected chi connectivity index (χ2v) is 7.11. The van der Waals surface area contributed by atoms with Crippen LogP contribution in [0.15, 0.2) is 41.8 Å². The summed E-state index contributed by atoms with van der Waals surface area (Å²) in [5.74, 6) is -0.366. The van der Waals surface area contributed by atoms with Crippen LogP contribution in [-0.2, 0) is 10.0 Å². The Morgan fingerprint density at radius 1 is 1.43 bits per heavy atom. The summed E-state index contributed by atoms with van der Waals surface area (Å²) in [5.41, 5.74) is 5.51. The van der Waals surface area contributed by atoms with Crippen LogP contribution >= 0.6 is 0 Å². The first-order valence-corrected chi connectivity index (χ1v) is 7.92. The molecule has 1 aromatic rings. The molecule has 6 nitrogen and oxygen atoms in total. The molecule has 0 bridgehead atoms. The second kappa shape index (κ2) is 6.84. The Morgan fingerprint density at radius 2 is 2.10 bits per heavy atom. The van der Waals surface area contributed by atoms with Gasteiger partial charge in [0, 0.05) is 24.2 Å². The number of nitrogens with two attached hydrogens (primary N) is 1. The molecule has 1 aromatic carbocycles. The summed E-state index contributed by atoms with van der Waals surface area (Å²) in [6.07, 6.45) is 1.44. The minimum absolute atomic E-state index is 0.0315. The smallest absolute Gasteiger partial charge is 0.251 e. The number of rotatable bonds is 7. The molecule has 4 N–H and O–H groups in total. The van der Waals surface area contributed by atoms with Gasteiger partial charge in [-0.2, -0.15) is 0 Å². The lowest BCUT2D eigenvalue weighted by Crippen LogP contribution is -2.45. The van der Waals surface area contributed by atoms with E-state index in [4.69, 9.17) is 5.73 Å². The molecule has 0 saturated carbocycles. The number of amides is 1. The predicted molar refractivity (Wildman–Crippen MR) is 82.4 cm³/mol. The van der Waals surface area contributed by atoms with Crippen molar-refractivity contribution in [1.29, 1.82) is 0 Å². The highest BCUT2D eigenvalue weighted by Crippen LogP contribution is 2.11. The maximum atomic E-state index is 12.0. The van der Waals surface area contributed by atoms with Crippen molar-refractivity contribution in [3.63, 3.8) is 0 Å². The van der Waals surface area contributed by atoms with Crippen LogP contribution in [0.25, 0.3) is 0 Å². The van der Waals surface area contributed by atoms with Gasteiger partial charge in [-0.1, -0.05) is 12.1 Å². The summed E-state index contributed by atoms with van der Waals surface area (Å²) < 4.78 is 26.3. The van der Waals surface area contributed by atoms with E-state index in [1.54, 1.807) is 19.9 Å². The highest BCUT2D eigenvalue weighted by molar-refractivity contribution is 7.89. The number of carbonyl (C=O) groups excluding carboxylic acids is 1. The third-order valence-corrected chi connectivity index (χ3v) is 3.95. The van der Waals surface area contributed by atoms with Crippen molar-refractivity contribution in [2.75, 3.05) is 13.1 Å². The Kier molecular flexibility index (Phi) is 5.65. The number of sulfonamides is 1. The van der Waals surface area contributed by atoms with Crippen molar-refractivity contribution in [1.82, 2.24) is 10.0 Å². The van der Waals surface area contributed by atoms with Crippen LogP contribution in [0.3, 0.4) is 0 Å². The lowest BCUT2D eigenvalue weighted by Gasteiger charge is -2.19. The lowest BCUT2D eigenvalue weighted by molar-refractivity contribution is 0.0946. The molecule has 116 valence electrons. The van der Waals surface area contributed by atoms with E-state index in [1.807, 2.05) is 0 Å². The molecule has 0 atom stereocenters. The van der Waals surface area contributed by atoms with E-state index >= 15 is 0 Å². The van der Waals surface area contributed by atoms with Gasteiger partial charge in [0.15, 0.2) is 0 Å². The van der Waals surface area contributed by atoms with Gasteiger partial charge >= 0.3 is 0 Å². The summed E-state index contributed by atoms with van der Waals surface area (Å²) >= 11 is 0. The molecule has 0 aliphatic rings. The van der Waals surface area contributed by atoms with Crippen LogP contribution in [0.2, 0.25) is 0 Å². The summed E-state index contributed by atoms with van der Waals surface area (Å²) in [4.78, 5) is 12.0. The molecule has 0 aromatic heterocycles. The Bertz CT molecular complexity index is 619. The second-order valence-electron chi connectivity index (χ2n) is 5.34. The third-order valence-electron chi connectivity index (χ3n) is 2.53. The van der Waals surface area contributed by atoms with Gasteiger partial charge in [-0.25, -0.2) is 13.1 Å². The van der Waals surface area contributed by atoms with Crippen molar-refractivity contribution in [3.05, 3.63) is 42.5 Å². The first-order chi connectivity index (χ1) is 9.65. The van der Waals surface area contributed by atoms with Crippen molar-refractivity contribution in [2.24, 2.45) is 5.73 Å². The average Bonchev–Trinajstić information content (AvgIpc) is 2.42. The topological polar surface area (TPSA) is 101 Å². The van der Waals surface area contributed by atoms with Crippen LogP contribution in [0.4, 0.5) is 0 Å². The lowest BCUT2D eigenvalue weighted by atomic mass is 10.1. The van der Waals surface area contributed by atoms with E-state index in [0.29, 0.717) is 0 Å². The van der Waals surface area contributed by atoms with Crippen molar-refractivity contribution in [3.8, 4) is 0 Å². The Balaban J connectivity index is 2.90. The van der Waals surface area contributed by atoms with Crippen LogP contribution in [0.5, 0.6) is 0 Å². The SMILES string of the molecule is C=CCNS(=O)(=O)c1cccc(C(=O)NCC(C)(C)N)c1. The molecular weight excluding hydrogens is 290 g/mol. The van der Waals surface area contributed by atoms with Gasteiger partial charge in [-0.15, -0.1) is 6.58 Å². The van der Waals surface area contributed by atoms with Crippen LogP contribution < -0.4 is 15.8 Å². The molecule has 7 heteroatoms. The first-order valence-electron chi connectivity index (χ1n) is 6.43. The fourth-order valence-corrected chi connectivity index (χ4v) is 2.51. The Morgan fingerprint density at radius 3 is 2.67 bits per heavy atom. The molecular formula is C14H21N3O3S. The standard InChI is InChI=1S/C14H21N3O3S/c1-4-8-17-21(19,20)12-7-5-6-11(9-12)13(18)16-10-14(2,3)15/h4-7,9,17H,1,8,10,15H2,2-3H3,(H,16,18). The van der Waals surface area contributed by atoms with Gasteiger partial charge in [-0.05, 0) is 32.0 Å². The van der Waals surface area contributed by atoms with Gasteiger partial charge in [0.25, 0.3) is 5.91 Å². The molecule has 0 radical (unpaired) electrons. The molecule has 0 aliphatic carbocycles. The van der Waals surface area contributed by atoms with Crippen molar-refractivity contribution in [2.45, 2.75) is 24.3 Å². The van der Waals surface area contributed by atoms with Gasteiger partial charge < -0.3 is 11.1 Å². The molecule has 0 saturated heterocycles. The van der Waals surface area contributed by atoms with Crippen LogP contribution in [-0.4, -0.2) is 33.0 Å². The zero-order valence-corrected chi connectivity index (χ0v) is 13.0. The molecule has 0 aliphatic heterocycles. The van der Waals surface area contributed by atoms with Crippen LogP contribution in [0.1, 0.15) is 24.2 Å². The number of benzene rings is 1. The average molecular weight is 311 g/mol. The summed E-state index contributed by atoms with van der Waals surface area (Å²) in [5, 5.41) is 2.67. The highest BCUT2D eigenvalue weighted by Gasteiger charge is 2.17. The maximum absolute atomic E-state index is 12.0. The van der Waals surface area contributed by atoms with Crippen LogP contribution in [0, 0.1) is 0 Å². The Labute approximate surface area is 125 Å². The molecule has 21 heavy (non-hydrogen) atoms. The monoisotopic (exact) mass is 311 g/mol. The quantitative estimate of drug-likeness (QED) is 0.642. The number of hydrogen-bond donors (Lipinski definition) is 3. The third kappa shape index (κ3) is 5.66. The van der Waals surface area contributed by atoms with E-state index in [1.165, 1.54) is 24.3 Å². The fraction of sp³-hybridized carbons (Fsp3) is 0.357. The minimum atomic E-state index is -3.65. The Hall–Kier alpha value is -1.70. The number of carbonyl (C=O) groups is 1. The molecule has 0 fully saturated rings. The van der Waals surface area contributed by atoms with Gasteiger partial charge in [0.1, 0.15) is 0 Å². The van der Waals surface area contributed by atoms with Crippen molar-refractivity contribution < 1.29 is 13.2 Å². The first kappa shape index (κ1) is 17.4. The molecule has 1 rings (SSSR count). The molecule has 1 amide bonds. The van der Waals surface area contributed by atoms with E-state index in [0.717, 1.165) is 0 Å². The van der Waals surface area contributed by atoms with Crippen molar-refractivity contribution >= 4 is 15.9 Å². The highest BCUT2D eigenvalue weighted by atomic mass is 32.2. The fourth-order valence-electron chi connectivity index (χ4n) is 1.47. The molecule has 0 heterocycles.